The van der Waals surface area contributed by atoms with Crippen molar-refractivity contribution in [3.63, 3.8) is 0 Å². The molecule has 0 unspecified atom stereocenters. The van der Waals surface area contributed by atoms with Gasteiger partial charge < -0.3 is 4.74 Å². The number of benzene rings is 1. The van der Waals surface area contributed by atoms with E-state index in [-0.39, 0.29) is 17.3 Å². The predicted molar refractivity (Wildman–Crippen MR) is 70.7 cm³/mol. The first-order valence-corrected chi connectivity index (χ1v) is 6.64. The van der Waals surface area contributed by atoms with Crippen LogP contribution in [-0.4, -0.2) is 33.2 Å². The summed E-state index contributed by atoms with van der Waals surface area (Å²) in [6.07, 6.45) is 1.33. The lowest BCUT2D eigenvalue weighted by atomic mass is 9.96. The van der Waals surface area contributed by atoms with Crippen LogP contribution >= 0.6 is 0 Å². The Morgan fingerprint density at radius 2 is 2.25 bits per heavy atom. The van der Waals surface area contributed by atoms with Gasteiger partial charge in [-0.1, -0.05) is 42.5 Å². The van der Waals surface area contributed by atoms with Crippen LogP contribution in [-0.2, 0) is 21.4 Å². The second kappa shape index (κ2) is 5.03. The summed E-state index contributed by atoms with van der Waals surface area (Å²) >= 11 is 0. The molecule has 1 saturated carbocycles. The zero-order valence-corrected chi connectivity index (χ0v) is 11.2. The molecule has 104 valence electrons. The molecule has 1 aromatic heterocycles. The summed E-state index contributed by atoms with van der Waals surface area (Å²) in [6.45, 7) is 2.40. The maximum atomic E-state index is 12.0. The molecule has 1 N–H and O–H groups in total. The summed E-state index contributed by atoms with van der Waals surface area (Å²) in [5.74, 6) is 0.370. The average Bonchev–Trinajstić information content (AvgIpc) is 2.92. The van der Waals surface area contributed by atoms with E-state index in [1.165, 1.54) is 5.56 Å². The van der Waals surface area contributed by atoms with Gasteiger partial charge >= 0.3 is 5.97 Å². The lowest BCUT2D eigenvalue weighted by Crippen LogP contribution is -2.16. The zero-order chi connectivity index (χ0) is 14.0. The smallest absolute Gasteiger partial charge is 0.309 e. The number of tetrazole rings is 1. The Bertz CT molecular complexity index is 584. The molecule has 6 heteroatoms. The van der Waals surface area contributed by atoms with Gasteiger partial charge in [0.05, 0.1) is 12.5 Å². The van der Waals surface area contributed by atoms with Crippen LogP contribution in [0.25, 0.3) is 0 Å². The van der Waals surface area contributed by atoms with Gasteiger partial charge in [-0.25, -0.2) is 0 Å². The molecule has 20 heavy (non-hydrogen) atoms. The van der Waals surface area contributed by atoms with E-state index in [4.69, 9.17) is 4.74 Å². The van der Waals surface area contributed by atoms with Crippen molar-refractivity contribution in [3.8, 4) is 0 Å². The van der Waals surface area contributed by atoms with Gasteiger partial charge in [0, 0.05) is 11.8 Å². The number of hydrogen-bond acceptors (Lipinski definition) is 5. The summed E-state index contributed by atoms with van der Waals surface area (Å²) < 4.78 is 5.30. The fraction of sp³-hybridized carbons (Fsp3) is 0.429. The molecule has 0 radical (unpaired) electrons. The zero-order valence-electron chi connectivity index (χ0n) is 11.2. The first kappa shape index (κ1) is 12.8. The molecule has 1 fully saturated rings. The second-order valence-electron chi connectivity index (χ2n) is 5.29. The Morgan fingerprint density at radius 3 is 2.95 bits per heavy atom. The number of hydrogen-bond donors (Lipinski definition) is 1. The van der Waals surface area contributed by atoms with Gasteiger partial charge in [-0.15, -0.1) is 10.2 Å². The summed E-state index contributed by atoms with van der Waals surface area (Å²) in [5.41, 5.74) is 1.12. The molecule has 0 amide bonds. The molecular weight excluding hydrogens is 256 g/mol. The van der Waals surface area contributed by atoms with Crippen molar-refractivity contribution in [3.05, 3.63) is 41.7 Å². The van der Waals surface area contributed by atoms with E-state index in [1.54, 1.807) is 0 Å². The number of rotatable bonds is 5. The lowest BCUT2D eigenvalue weighted by molar-refractivity contribution is -0.145. The number of nitrogens with zero attached hydrogens (tertiary/aromatic N) is 3. The summed E-state index contributed by atoms with van der Waals surface area (Å²) in [4.78, 5) is 12.0. The van der Waals surface area contributed by atoms with Gasteiger partial charge in [0.2, 0.25) is 0 Å². The maximum absolute atomic E-state index is 12.0. The monoisotopic (exact) mass is 272 g/mol. The largest absolute Gasteiger partial charge is 0.465 e. The van der Waals surface area contributed by atoms with Crippen molar-refractivity contribution in [2.75, 3.05) is 6.61 Å². The number of nitrogens with one attached hydrogen (secondary N) is 1. The van der Waals surface area contributed by atoms with Gasteiger partial charge in [-0.3, -0.25) is 4.79 Å². The van der Waals surface area contributed by atoms with E-state index in [0.717, 1.165) is 6.42 Å². The van der Waals surface area contributed by atoms with Crippen LogP contribution in [0.15, 0.2) is 30.3 Å². The molecule has 1 aliphatic rings. The van der Waals surface area contributed by atoms with Crippen LogP contribution in [0, 0.1) is 5.92 Å². The Balaban J connectivity index is 1.52. The Labute approximate surface area is 116 Å². The van der Waals surface area contributed by atoms with Crippen LogP contribution in [0.5, 0.6) is 0 Å². The fourth-order valence-electron chi connectivity index (χ4n) is 2.48. The van der Waals surface area contributed by atoms with Crippen molar-refractivity contribution < 1.29 is 9.53 Å². The molecule has 0 aliphatic heterocycles. The number of carbonyl (C=O) groups excluding carboxylic acids is 1. The van der Waals surface area contributed by atoms with Crippen molar-refractivity contribution >= 4 is 5.97 Å². The van der Waals surface area contributed by atoms with Crippen molar-refractivity contribution in [2.45, 2.75) is 25.2 Å². The van der Waals surface area contributed by atoms with E-state index < -0.39 is 0 Å². The predicted octanol–water partition coefficient (Wildman–Crippen LogP) is 1.26. The second-order valence-corrected chi connectivity index (χ2v) is 5.29. The highest BCUT2D eigenvalue weighted by Gasteiger charge is 2.56. The Morgan fingerprint density at radius 1 is 1.45 bits per heavy atom. The van der Waals surface area contributed by atoms with Crippen molar-refractivity contribution in [2.24, 2.45) is 5.92 Å². The van der Waals surface area contributed by atoms with E-state index in [9.17, 15) is 4.79 Å². The van der Waals surface area contributed by atoms with Gasteiger partial charge in [0.25, 0.3) is 0 Å². The quantitative estimate of drug-likeness (QED) is 0.829. The van der Waals surface area contributed by atoms with Crippen molar-refractivity contribution in [1.29, 1.82) is 0 Å². The maximum Gasteiger partial charge on any atom is 0.309 e. The molecule has 2 aromatic rings. The molecular formula is C14H16N4O2. The molecule has 0 saturated heterocycles. The van der Waals surface area contributed by atoms with Crippen LogP contribution in [0.1, 0.15) is 24.7 Å². The molecule has 0 spiro atoms. The van der Waals surface area contributed by atoms with E-state index in [1.807, 2.05) is 18.2 Å². The number of H-pyrrole nitrogens is 1. The normalized spacial score (nSPS) is 24.4. The third-order valence-corrected chi connectivity index (χ3v) is 3.91. The molecule has 1 aromatic carbocycles. The number of aromatic nitrogens is 4. The van der Waals surface area contributed by atoms with Gasteiger partial charge in [0.15, 0.2) is 5.82 Å². The van der Waals surface area contributed by atoms with Gasteiger partial charge in [-0.05, 0) is 12.0 Å². The third kappa shape index (κ3) is 2.41. The topological polar surface area (TPSA) is 80.8 Å². The first-order chi connectivity index (χ1) is 9.70. The van der Waals surface area contributed by atoms with E-state index in [2.05, 4.69) is 39.7 Å². The summed E-state index contributed by atoms with van der Waals surface area (Å²) in [6, 6.07) is 10.1. The number of ether oxygens (including phenoxy) is 1. The number of aromatic amines is 1. The van der Waals surface area contributed by atoms with Crippen LogP contribution in [0.2, 0.25) is 0 Å². The molecule has 2 atom stereocenters. The summed E-state index contributed by atoms with van der Waals surface area (Å²) in [7, 11) is 0. The van der Waals surface area contributed by atoms with Gasteiger partial charge in [0.1, 0.15) is 0 Å². The minimum Gasteiger partial charge on any atom is -0.465 e. The number of esters is 1. The highest BCUT2D eigenvalue weighted by molar-refractivity contribution is 5.79. The van der Waals surface area contributed by atoms with Crippen LogP contribution < -0.4 is 0 Å². The number of carbonyl (C=O) groups is 1. The Hall–Kier alpha value is -2.24. The summed E-state index contributed by atoms with van der Waals surface area (Å²) in [5, 5.41) is 13.4. The molecule has 6 nitrogen and oxygen atoms in total. The van der Waals surface area contributed by atoms with E-state index in [0.29, 0.717) is 18.9 Å². The minimum absolute atomic E-state index is 0.0461. The van der Waals surface area contributed by atoms with Crippen LogP contribution in [0.3, 0.4) is 0 Å². The van der Waals surface area contributed by atoms with E-state index >= 15 is 0 Å². The molecule has 0 bridgehead atoms. The SMILES string of the molecule is C[C@]1(c2ccccc2)C[C@H]1C(=O)OCCc1nn[nH]n1. The average molecular weight is 272 g/mol. The Kier molecular flexibility index (Phi) is 3.22. The standard InChI is InChI=1S/C14H16N4O2/c1-14(10-5-3-2-4-6-10)9-11(14)13(19)20-8-7-12-15-17-18-16-12/h2-6,11H,7-9H2,1H3,(H,15,16,17,18)/t11-,14+/m0/s1. The highest BCUT2D eigenvalue weighted by Crippen LogP contribution is 2.54. The third-order valence-electron chi connectivity index (χ3n) is 3.91. The van der Waals surface area contributed by atoms with Crippen molar-refractivity contribution in [1.82, 2.24) is 20.6 Å². The molecule has 3 rings (SSSR count). The first-order valence-electron chi connectivity index (χ1n) is 6.64. The molecule has 1 heterocycles. The lowest BCUT2D eigenvalue weighted by Gasteiger charge is -2.11. The molecule has 1 aliphatic carbocycles. The highest BCUT2D eigenvalue weighted by atomic mass is 16.5. The van der Waals surface area contributed by atoms with Gasteiger partial charge in [-0.2, -0.15) is 5.21 Å². The fourth-order valence-corrected chi connectivity index (χ4v) is 2.48. The van der Waals surface area contributed by atoms with Crippen LogP contribution in [0.4, 0.5) is 0 Å². The minimum atomic E-state index is -0.139.